The van der Waals surface area contributed by atoms with Gasteiger partial charge in [0.1, 0.15) is 3.70 Å². The van der Waals surface area contributed by atoms with Crippen LogP contribution in [0.5, 0.6) is 0 Å². The third-order valence-electron chi connectivity index (χ3n) is 0.849. The molecule has 0 unspecified atom stereocenters. The molecule has 1 heterocycles. The highest BCUT2D eigenvalue weighted by Gasteiger charge is 1.94. The van der Waals surface area contributed by atoms with Crippen molar-refractivity contribution in [2.45, 2.75) is 0 Å². The number of aromatic nitrogens is 1. The lowest BCUT2D eigenvalue weighted by Gasteiger charge is -1.94. The average molecular weight is 299 g/mol. The monoisotopic (exact) mass is 298 g/mol. The molecule has 1 rings (SSSR count). The third kappa shape index (κ3) is 1.79. The van der Waals surface area contributed by atoms with Gasteiger partial charge >= 0.3 is 0 Å². The topological polar surface area (TPSA) is 38.9 Å². The summed E-state index contributed by atoms with van der Waals surface area (Å²) in [5, 5.41) is 0. The van der Waals surface area contributed by atoms with Crippen LogP contribution in [0.25, 0.3) is 0 Å². The van der Waals surface area contributed by atoms with E-state index in [0.717, 1.165) is 8.17 Å². The van der Waals surface area contributed by atoms with Crippen LogP contribution in [0.15, 0.2) is 16.7 Å². The van der Waals surface area contributed by atoms with Crippen LogP contribution >= 0.6 is 38.5 Å². The lowest BCUT2D eigenvalue weighted by molar-refractivity contribution is 1.26. The van der Waals surface area contributed by atoms with Gasteiger partial charge in [-0.15, -0.1) is 0 Å². The van der Waals surface area contributed by atoms with Gasteiger partial charge in [0.25, 0.3) is 0 Å². The second kappa shape index (κ2) is 2.83. The zero-order chi connectivity index (χ0) is 6.85. The van der Waals surface area contributed by atoms with Gasteiger partial charge in [0.05, 0.1) is 11.9 Å². The Kier molecular flexibility index (Phi) is 2.29. The molecule has 2 N–H and O–H groups in total. The largest absolute Gasteiger partial charge is 0.397 e. The maximum atomic E-state index is 5.48. The number of hydrogen-bond acceptors (Lipinski definition) is 2. The Hall–Kier alpha value is 0.160. The van der Waals surface area contributed by atoms with Crippen LogP contribution in [-0.4, -0.2) is 4.98 Å². The van der Waals surface area contributed by atoms with Crippen molar-refractivity contribution in [1.82, 2.24) is 4.98 Å². The Morgan fingerprint density at radius 2 is 2.33 bits per heavy atom. The van der Waals surface area contributed by atoms with Crippen molar-refractivity contribution < 1.29 is 0 Å². The van der Waals surface area contributed by atoms with Gasteiger partial charge in [-0.3, -0.25) is 0 Å². The number of nitrogens with two attached hydrogens (primary N) is 1. The summed E-state index contributed by atoms with van der Waals surface area (Å²) in [4.78, 5) is 3.97. The Labute approximate surface area is 75.1 Å². The number of nitrogens with zero attached hydrogens (tertiary/aromatic N) is 1. The van der Waals surface area contributed by atoms with E-state index in [2.05, 4.69) is 43.5 Å². The molecule has 0 spiro atoms. The Balaban J connectivity index is 3.17. The molecule has 48 valence electrons. The van der Waals surface area contributed by atoms with Crippen molar-refractivity contribution >= 4 is 44.2 Å². The van der Waals surface area contributed by atoms with E-state index >= 15 is 0 Å². The number of halogens is 2. The van der Waals surface area contributed by atoms with Crippen LogP contribution in [0.3, 0.4) is 0 Å². The second-order valence-corrected chi connectivity index (χ2v) is 3.49. The molecule has 0 amide bonds. The minimum atomic E-state index is 0.676. The average Bonchev–Trinajstić information content (AvgIpc) is 1.80. The number of hydrogen-bond donors (Lipinski definition) is 1. The molecule has 0 aliphatic heterocycles. The first-order chi connectivity index (χ1) is 4.20. The minimum Gasteiger partial charge on any atom is -0.397 e. The molecule has 0 saturated heterocycles. The lowest BCUT2D eigenvalue weighted by Crippen LogP contribution is -1.88. The maximum absolute atomic E-state index is 5.48. The zero-order valence-electron chi connectivity index (χ0n) is 4.44. The van der Waals surface area contributed by atoms with Crippen molar-refractivity contribution in [3.8, 4) is 0 Å². The summed E-state index contributed by atoms with van der Waals surface area (Å²) in [5.41, 5.74) is 6.15. The summed E-state index contributed by atoms with van der Waals surface area (Å²) in [6.07, 6.45) is 1.63. The summed E-state index contributed by atoms with van der Waals surface area (Å²) >= 11 is 5.40. The normalized spacial score (nSPS) is 9.56. The van der Waals surface area contributed by atoms with Crippen LogP contribution in [0.1, 0.15) is 0 Å². The number of rotatable bonds is 0. The van der Waals surface area contributed by atoms with Gasteiger partial charge in [0.15, 0.2) is 0 Å². The molecule has 1 aromatic heterocycles. The van der Waals surface area contributed by atoms with Gasteiger partial charge in [-0.05, 0) is 44.6 Å². The smallest absolute Gasteiger partial charge is 0.102 e. The van der Waals surface area contributed by atoms with Gasteiger partial charge in [-0.25, -0.2) is 4.98 Å². The van der Waals surface area contributed by atoms with Crippen LogP contribution < -0.4 is 5.73 Å². The fourth-order valence-electron chi connectivity index (χ4n) is 0.418. The lowest BCUT2D eigenvalue weighted by atomic mass is 10.4. The summed E-state index contributed by atoms with van der Waals surface area (Å²) < 4.78 is 1.84. The highest BCUT2D eigenvalue weighted by molar-refractivity contribution is 14.1. The van der Waals surface area contributed by atoms with Crippen LogP contribution in [0, 0.1) is 3.70 Å². The van der Waals surface area contributed by atoms with E-state index in [0.29, 0.717) is 5.69 Å². The van der Waals surface area contributed by atoms with Gasteiger partial charge in [0, 0.05) is 4.47 Å². The van der Waals surface area contributed by atoms with Crippen LogP contribution in [0.2, 0.25) is 0 Å². The van der Waals surface area contributed by atoms with E-state index in [-0.39, 0.29) is 0 Å². The van der Waals surface area contributed by atoms with Crippen molar-refractivity contribution in [1.29, 1.82) is 0 Å². The van der Waals surface area contributed by atoms with Gasteiger partial charge in [-0.1, -0.05) is 0 Å². The number of anilines is 1. The van der Waals surface area contributed by atoms with Crippen molar-refractivity contribution in [3.05, 3.63) is 20.4 Å². The molecule has 0 radical (unpaired) electrons. The molecule has 4 heteroatoms. The highest BCUT2D eigenvalue weighted by Crippen LogP contribution is 2.18. The molecule has 0 aromatic carbocycles. The Morgan fingerprint density at radius 3 is 2.78 bits per heavy atom. The number of nitrogen functional groups attached to an aromatic ring is 1. The molecule has 0 atom stereocenters. The summed E-state index contributed by atoms with van der Waals surface area (Å²) in [6, 6.07) is 1.87. The standard InChI is InChI=1S/C5H4BrIN2/c6-3-1-5(7)9-2-4(3)8/h1-2H,8H2. The molecule has 0 fully saturated rings. The first kappa shape index (κ1) is 7.27. The zero-order valence-corrected chi connectivity index (χ0v) is 8.18. The highest BCUT2D eigenvalue weighted by atomic mass is 127. The van der Waals surface area contributed by atoms with E-state index in [1.165, 1.54) is 0 Å². The van der Waals surface area contributed by atoms with E-state index < -0.39 is 0 Å². The van der Waals surface area contributed by atoms with Crippen LogP contribution in [0.4, 0.5) is 5.69 Å². The molecule has 9 heavy (non-hydrogen) atoms. The number of pyridine rings is 1. The predicted octanol–water partition coefficient (Wildman–Crippen LogP) is 2.03. The van der Waals surface area contributed by atoms with E-state index in [4.69, 9.17) is 5.73 Å². The summed E-state index contributed by atoms with van der Waals surface area (Å²) in [7, 11) is 0. The van der Waals surface area contributed by atoms with Crippen molar-refractivity contribution in [2.24, 2.45) is 0 Å². The first-order valence-electron chi connectivity index (χ1n) is 2.26. The Morgan fingerprint density at radius 1 is 1.67 bits per heavy atom. The van der Waals surface area contributed by atoms with Gasteiger partial charge < -0.3 is 5.73 Å². The predicted molar refractivity (Wildman–Crippen MR) is 49.1 cm³/mol. The molecule has 0 saturated carbocycles. The molecule has 2 nitrogen and oxygen atoms in total. The van der Waals surface area contributed by atoms with Crippen LogP contribution in [-0.2, 0) is 0 Å². The fourth-order valence-corrected chi connectivity index (χ4v) is 1.62. The quantitative estimate of drug-likeness (QED) is 0.588. The molecule has 0 aliphatic carbocycles. The minimum absolute atomic E-state index is 0.676. The third-order valence-corrected chi connectivity index (χ3v) is 2.13. The molecule has 0 aliphatic rings. The van der Waals surface area contributed by atoms with E-state index in [1.807, 2.05) is 6.07 Å². The second-order valence-electron chi connectivity index (χ2n) is 1.53. The molecule has 1 aromatic rings. The summed E-state index contributed by atoms with van der Waals surface area (Å²) in [6.45, 7) is 0. The SMILES string of the molecule is Nc1cnc(I)cc1Br. The van der Waals surface area contributed by atoms with Gasteiger partial charge in [-0.2, -0.15) is 0 Å². The van der Waals surface area contributed by atoms with Gasteiger partial charge in [0.2, 0.25) is 0 Å². The first-order valence-corrected chi connectivity index (χ1v) is 4.14. The molecule has 0 bridgehead atoms. The maximum Gasteiger partial charge on any atom is 0.102 e. The van der Waals surface area contributed by atoms with Crippen molar-refractivity contribution in [2.75, 3.05) is 5.73 Å². The van der Waals surface area contributed by atoms with E-state index in [1.54, 1.807) is 6.20 Å². The molecular formula is C5H4BrIN2. The molecular weight excluding hydrogens is 295 g/mol. The fraction of sp³-hybridized carbons (Fsp3) is 0. The van der Waals surface area contributed by atoms with E-state index in [9.17, 15) is 0 Å². The van der Waals surface area contributed by atoms with Crippen molar-refractivity contribution in [3.63, 3.8) is 0 Å². The Bertz CT molecular complexity index is 226. The summed E-state index contributed by atoms with van der Waals surface area (Å²) in [5.74, 6) is 0.